The predicted molar refractivity (Wildman–Crippen MR) is 65.6 cm³/mol. The van der Waals surface area contributed by atoms with Gasteiger partial charge in [0.15, 0.2) is 0 Å². The maximum atomic E-state index is 11.2. The lowest BCUT2D eigenvalue weighted by Crippen LogP contribution is -2.09. The lowest BCUT2D eigenvalue weighted by atomic mass is 10.1. The molecule has 2 rings (SSSR count). The molecule has 2 aromatic rings. The van der Waals surface area contributed by atoms with Crippen LogP contribution >= 0.6 is 11.6 Å². The van der Waals surface area contributed by atoms with Crippen LogP contribution in [0.25, 0.3) is 10.8 Å². The summed E-state index contributed by atoms with van der Waals surface area (Å²) < 4.78 is 0. The third-order valence-corrected chi connectivity index (χ3v) is 2.42. The highest BCUT2D eigenvalue weighted by molar-refractivity contribution is 6.30. The third kappa shape index (κ3) is 2.71. The Morgan fingerprint density at radius 1 is 1.41 bits per heavy atom. The van der Waals surface area contributed by atoms with E-state index in [-0.39, 0.29) is 12.3 Å². The fourth-order valence-electron chi connectivity index (χ4n) is 1.47. The summed E-state index contributed by atoms with van der Waals surface area (Å²) in [6.45, 7) is 0. The van der Waals surface area contributed by atoms with E-state index in [2.05, 4.69) is 10.3 Å². The molecule has 0 atom stereocenters. The van der Waals surface area contributed by atoms with Crippen LogP contribution in [0, 0.1) is 11.3 Å². The number of aromatic nitrogens is 1. The smallest absolute Gasteiger partial charge is 0.238 e. The van der Waals surface area contributed by atoms with E-state index in [9.17, 15) is 4.79 Å². The molecule has 0 fully saturated rings. The van der Waals surface area contributed by atoms with E-state index in [1.54, 1.807) is 30.5 Å². The van der Waals surface area contributed by atoms with Crippen molar-refractivity contribution in [1.82, 2.24) is 4.98 Å². The summed E-state index contributed by atoms with van der Waals surface area (Å²) in [5.74, 6) is -0.327. The SMILES string of the molecule is N#CCC(=O)Nc1ccc2cnc(Cl)cc2c1. The molecule has 1 aromatic heterocycles. The topological polar surface area (TPSA) is 65.8 Å². The van der Waals surface area contributed by atoms with E-state index in [4.69, 9.17) is 16.9 Å². The van der Waals surface area contributed by atoms with Gasteiger partial charge in [0.25, 0.3) is 0 Å². The zero-order chi connectivity index (χ0) is 12.3. The molecule has 0 bridgehead atoms. The maximum absolute atomic E-state index is 11.2. The number of benzene rings is 1. The minimum absolute atomic E-state index is 0.158. The van der Waals surface area contributed by atoms with Gasteiger partial charge in [0.1, 0.15) is 11.6 Å². The first kappa shape index (κ1) is 11.4. The molecule has 17 heavy (non-hydrogen) atoms. The lowest BCUT2D eigenvalue weighted by molar-refractivity contribution is -0.115. The molecule has 1 heterocycles. The van der Waals surface area contributed by atoms with Gasteiger partial charge in [0.2, 0.25) is 5.91 Å². The first-order valence-corrected chi connectivity index (χ1v) is 5.29. The van der Waals surface area contributed by atoms with Gasteiger partial charge in [-0.1, -0.05) is 17.7 Å². The molecule has 0 aliphatic rings. The second-order valence-corrected chi connectivity index (χ2v) is 3.84. The van der Waals surface area contributed by atoms with Crippen molar-refractivity contribution >= 4 is 34.0 Å². The molecular weight excluding hydrogens is 238 g/mol. The number of carbonyl (C=O) groups is 1. The molecule has 1 amide bonds. The van der Waals surface area contributed by atoms with E-state index in [1.807, 2.05) is 6.07 Å². The molecule has 5 heteroatoms. The molecule has 1 N–H and O–H groups in total. The van der Waals surface area contributed by atoms with Crippen molar-refractivity contribution in [3.8, 4) is 6.07 Å². The summed E-state index contributed by atoms with van der Waals surface area (Å²) in [6.07, 6.45) is 1.51. The van der Waals surface area contributed by atoms with E-state index in [1.165, 1.54) is 0 Å². The zero-order valence-corrected chi connectivity index (χ0v) is 9.53. The Bertz CT molecular complexity index is 619. The van der Waals surface area contributed by atoms with Gasteiger partial charge in [-0.3, -0.25) is 4.79 Å². The Balaban J connectivity index is 2.31. The molecular formula is C12H8ClN3O. The second kappa shape index (κ2) is 4.81. The molecule has 84 valence electrons. The van der Waals surface area contributed by atoms with E-state index in [0.717, 1.165) is 10.8 Å². The number of nitrogens with zero attached hydrogens (tertiary/aromatic N) is 2. The lowest BCUT2D eigenvalue weighted by Gasteiger charge is -2.04. The molecule has 4 nitrogen and oxygen atoms in total. The Morgan fingerprint density at radius 3 is 3.00 bits per heavy atom. The summed E-state index contributed by atoms with van der Waals surface area (Å²) in [4.78, 5) is 15.2. The molecule has 0 aliphatic carbocycles. The molecule has 0 unspecified atom stereocenters. The minimum Gasteiger partial charge on any atom is -0.325 e. The van der Waals surface area contributed by atoms with Gasteiger partial charge in [-0.2, -0.15) is 5.26 Å². The monoisotopic (exact) mass is 245 g/mol. The standard InChI is InChI=1S/C12H8ClN3O/c13-11-6-9-5-10(16-12(17)3-4-14)2-1-8(9)7-15-11/h1-2,5-7H,3H2,(H,16,17). The van der Waals surface area contributed by atoms with E-state index >= 15 is 0 Å². The average Bonchev–Trinajstić information content (AvgIpc) is 2.28. The Morgan fingerprint density at radius 2 is 2.24 bits per heavy atom. The molecule has 0 saturated carbocycles. The van der Waals surface area contributed by atoms with Crippen LogP contribution in [-0.2, 0) is 4.79 Å². The Labute approximate surface area is 103 Å². The van der Waals surface area contributed by atoms with Crippen LogP contribution in [0.3, 0.4) is 0 Å². The number of nitriles is 1. The van der Waals surface area contributed by atoms with Gasteiger partial charge < -0.3 is 5.32 Å². The van der Waals surface area contributed by atoms with Gasteiger partial charge in [0.05, 0.1) is 6.07 Å². The second-order valence-electron chi connectivity index (χ2n) is 3.45. The Hall–Kier alpha value is -2.12. The number of fused-ring (bicyclic) bond motifs is 1. The normalized spacial score (nSPS) is 9.88. The first-order valence-electron chi connectivity index (χ1n) is 4.91. The number of rotatable bonds is 2. The number of halogens is 1. The van der Waals surface area contributed by atoms with Crippen molar-refractivity contribution in [3.05, 3.63) is 35.6 Å². The van der Waals surface area contributed by atoms with E-state index in [0.29, 0.717) is 10.8 Å². The summed E-state index contributed by atoms with van der Waals surface area (Å²) in [5.41, 5.74) is 0.639. The van der Waals surface area contributed by atoms with Crippen molar-refractivity contribution in [2.45, 2.75) is 6.42 Å². The van der Waals surface area contributed by atoms with Crippen LogP contribution in [0.15, 0.2) is 30.5 Å². The molecule has 0 spiro atoms. The number of anilines is 1. The number of hydrogen-bond acceptors (Lipinski definition) is 3. The fourth-order valence-corrected chi connectivity index (χ4v) is 1.64. The van der Waals surface area contributed by atoms with Crippen molar-refractivity contribution in [2.24, 2.45) is 0 Å². The van der Waals surface area contributed by atoms with Gasteiger partial charge in [-0.15, -0.1) is 0 Å². The van der Waals surface area contributed by atoms with Crippen molar-refractivity contribution in [2.75, 3.05) is 5.32 Å². The van der Waals surface area contributed by atoms with Gasteiger partial charge >= 0.3 is 0 Å². The molecule has 0 saturated heterocycles. The average molecular weight is 246 g/mol. The maximum Gasteiger partial charge on any atom is 0.238 e. The quantitative estimate of drug-likeness (QED) is 0.828. The first-order chi connectivity index (χ1) is 8.19. The number of nitrogens with one attached hydrogen (secondary N) is 1. The highest BCUT2D eigenvalue weighted by Gasteiger charge is 2.02. The summed E-state index contributed by atoms with van der Waals surface area (Å²) >= 11 is 5.78. The summed E-state index contributed by atoms with van der Waals surface area (Å²) in [6, 6.07) is 8.89. The van der Waals surface area contributed by atoms with E-state index < -0.39 is 0 Å². The number of carbonyl (C=O) groups excluding carboxylic acids is 1. The van der Waals surface area contributed by atoms with Crippen LogP contribution in [0.5, 0.6) is 0 Å². The summed E-state index contributed by atoms with van der Waals surface area (Å²) in [5, 5.41) is 13.2. The summed E-state index contributed by atoms with van der Waals surface area (Å²) in [7, 11) is 0. The molecule has 1 aromatic carbocycles. The Kier molecular flexibility index (Phi) is 3.22. The van der Waals surface area contributed by atoms with Crippen LogP contribution in [0.1, 0.15) is 6.42 Å². The molecule has 0 radical (unpaired) electrons. The predicted octanol–water partition coefficient (Wildman–Crippen LogP) is 2.74. The fraction of sp³-hybridized carbons (Fsp3) is 0.0833. The van der Waals surface area contributed by atoms with Crippen LogP contribution in [0.2, 0.25) is 5.15 Å². The third-order valence-electron chi connectivity index (χ3n) is 2.21. The van der Waals surface area contributed by atoms with Crippen LogP contribution in [0.4, 0.5) is 5.69 Å². The van der Waals surface area contributed by atoms with Crippen molar-refractivity contribution in [3.63, 3.8) is 0 Å². The van der Waals surface area contributed by atoms with Gasteiger partial charge in [-0.25, -0.2) is 4.98 Å². The van der Waals surface area contributed by atoms with Crippen LogP contribution in [-0.4, -0.2) is 10.9 Å². The van der Waals surface area contributed by atoms with Gasteiger partial charge in [0, 0.05) is 17.3 Å². The minimum atomic E-state index is -0.327. The zero-order valence-electron chi connectivity index (χ0n) is 8.77. The van der Waals surface area contributed by atoms with Crippen molar-refractivity contribution in [1.29, 1.82) is 5.26 Å². The highest BCUT2D eigenvalue weighted by Crippen LogP contribution is 2.21. The van der Waals surface area contributed by atoms with Gasteiger partial charge in [-0.05, 0) is 23.6 Å². The largest absolute Gasteiger partial charge is 0.325 e. The molecule has 0 aliphatic heterocycles. The van der Waals surface area contributed by atoms with Crippen LogP contribution < -0.4 is 5.32 Å². The number of hydrogen-bond donors (Lipinski definition) is 1. The number of amides is 1. The number of pyridine rings is 1. The van der Waals surface area contributed by atoms with Crippen molar-refractivity contribution < 1.29 is 4.79 Å². The highest BCUT2D eigenvalue weighted by atomic mass is 35.5.